The molecule has 1 rings (SSSR count). The zero-order valence-electron chi connectivity index (χ0n) is 10.4. The number of methoxy groups -OCH3 is 1. The summed E-state index contributed by atoms with van der Waals surface area (Å²) < 4.78 is 6.67. The molecule has 0 aromatic carbocycles. The summed E-state index contributed by atoms with van der Waals surface area (Å²) in [5, 5.41) is 9.89. The molecule has 0 unspecified atom stereocenters. The van der Waals surface area contributed by atoms with Crippen LogP contribution in [0, 0.1) is 0 Å². The molecule has 0 aliphatic heterocycles. The largest absolute Gasteiger partial charge is 0.383 e. The van der Waals surface area contributed by atoms with Gasteiger partial charge in [0.25, 0.3) is 0 Å². The van der Waals surface area contributed by atoms with Crippen molar-refractivity contribution in [2.75, 3.05) is 33.4 Å². The number of carbonyl (C=O) groups is 1. The van der Waals surface area contributed by atoms with Crippen LogP contribution >= 0.6 is 0 Å². The van der Waals surface area contributed by atoms with E-state index in [1.54, 1.807) is 13.3 Å². The molecule has 96 valence electrons. The summed E-state index contributed by atoms with van der Waals surface area (Å²) >= 11 is 0. The minimum atomic E-state index is 0.00303. The smallest absolute Gasteiger partial charge is 0.233 e. The van der Waals surface area contributed by atoms with Crippen molar-refractivity contribution in [3.05, 3.63) is 18.0 Å². The fourth-order valence-corrected chi connectivity index (χ4v) is 1.42. The Hall–Kier alpha value is -1.40. The van der Waals surface area contributed by atoms with Crippen molar-refractivity contribution < 1.29 is 9.53 Å². The molecule has 0 saturated heterocycles. The van der Waals surface area contributed by atoms with Crippen molar-refractivity contribution in [1.29, 1.82) is 0 Å². The molecule has 0 bridgehead atoms. The number of ether oxygens (including phenoxy) is 1. The maximum Gasteiger partial charge on any atom is 0.233 e. The van der Waals surface area contributed by atoms with Crippen molar-refractivity contribution in [2.45, 2.75) is 6.42 Å². The summed E-state index contributed by atoms with van der Waals surface area (Å²) in [6.45, 7) is 2.26. The summed E-state index contributed by atoms with van der Waals surface area (Å²) in [6.07, 6.45) is 2.55. The van der Waals surface area contributed by atoms with Gasteiger partial charge in [-0.25, -0.2) is 0 Å². The summed E-state index contributed by atoms with van der Waals surface area (Å²) in [5.74, 6) is 0.00303. The lowest BCUT2D eigenvalue weighted by Crippen LogP contribution is -2.36. The Bertz CT molecular complexity index is 338. The van der Waals surface area contributed by atoms with Crippen LogP contribution in [0.15, 0.2) is 12.3 Å². The van der Waals surface area contributed by atoms with Crippen LogP contribution in [0.2, 0.25) is 0 Å². The number of hydrogen-bond donors (Lipinski definition) is 2. The van der Waals surface area contributed by atoms with Gasteiger partial charge in [0, 0.05) is 45.6 Å². The molecule has 17 heavy (non-hydrogen) atoms. The zero-order valence-corrected chi connectivity index (χ0v) is 10.4. The predicted molar refractivity (Wildman–Crippen MR) is 64.7 cm³/mol. The summed E-state index contributed by atoms with van der Waals surface area (Å²) in [5.41, 5.74) is 1.11. The van der Waals surface area contributed by atoms with Gasteiger partial charge in [-0.05, 0) is 6.07 Å². The second-order valence-corrected chi connectivity index (χ2v) is 3.72. The molecule has 0 aliphatic carbocycles. The lowest BCUT2D eigenvalue weighted by Gasteiger charge is -2.06. The normalized spacial score (nSPS) is 10.5. The van der Waals surface area contributed by atoms with E-state index in [9.17, 15) is 4.79 Å². The van der Waals surface area contributed by atoms with Crippen LogP contribution in [0.1, 0.15) is 5.69 Å². The van der Waals surface area contributed by atoms with Crippen LogP contribution in [0.4, 0.5) is 0 Å². The van der Waals surface area contributed by atoms with E-state index < -0.39 is 0 Å². The Balaban J connectivity index is 2.06. The third-order valence-electron chi connectivity index (χ3n) is 2.39. The van der Waals surface area contributed by atoms with Crippen molar-refractivity contribution in [1.82, 2.24) is 20.4 Å². The highest BCUT2D eigenvalue weighted by atomic mass is 16.5. The van der Waals surface area contributed by atoms with Crippen molar-refractivity contribution in [3.63, 3.8) is 0 Å². The summed E-state index contributed by atoms with van der Waals surface area (Å²) in [7, 11) is 3.53. The van der Waals surface area contributed by atoms with E-state index in [1.165, 1.54) is 0 Å². The number of rotatable bonds is 8. The number of nitrogens with zero attached hydrogens (tertiary/aromatic N) is 2. The van der Waals surface area contributed by atoms with Gasteiger partial charge in [0.1, 0.15) is 0 Å². The molecule has 2 N–H and O–H groups in total. The van der Waals surface area contributed by atoms with Gasteiger partial charge in [-0.3, -0.25) is 9.48 Å². The number of amides is 1. The Morgan fingerprint density at radius 2 is 2.35 bits per heavy atom. The molecule has 1 aromatic rings. The predicted octanol–water partition coefficient (Wildman–Crippen LogP) is -0.685. The second kappa shape index (κ2) is 7.81. The quantitative estimate of drug-likeness (QED) is 0.591. The minimum absolute atomic E-state index is 0.00303. The van der Waals surface area contributed by atoms with Gasteiger partial charge in [-0.2, -0.15) is 5.10 Å². The molecular formula is C11H20N4O2. The first-order chi connectivity index (χ1) is 8.24. The van der Waals surface area contributed by atoms with Crippen LogP contribution < -0.4 is 10.6 Å². The van der Waals surface area contributed by atoms with Gasteiger partial charge in [0.05, 0.1) is 13.2 Å². The van der Waals surface area contributed by atoms with Crippen LogP contribution in [0.5, 0.6) is 0 Å². The Labute approximate surface area is 101 Å². The first-order valence-corrected chi connectivity index (χ1v) is 5.67. The highest BCUT2D eigenvalue weighted by molar-refractivity contribution is 5.77. The monoisotopic (exact) mass is 240 g/mol. The number of aryl methyl sites for hydroxylation is 1. The summed E-state index contributed by atoms with van der Waals surface area (Å²) in [6, 6.07) is 1.95. The first kappa shape index (κ1) is 13.7. The van der Waals surface area contributed by atoms with Crippen LogP contribution in [-0.2, 0) is 23.0 Å². The van der Waals surface area contributed by atoms with E-state index in [0.29, 0.717) is 26.2 Å². The molecule has 6 heteroatoms. The molecule has 0 radical (unpaired) electrons. The number of aromatic nitrogens is 2. The lowest BCUT2D eigenvalue weighted by molar-refractivity contribution is -0.120. The summed E-state index contributed by atoms with van der Waals surface area (Å²) in [4.78, 5) is 11.4. The van der Waals surface area contributed by atoms with Gasteiger partial charge in [0.15, 0.2) is 0 Å². The molecule has 6 nitrogen and oxygen atoms in total. The Morgan fingerprint density at radius 3 is 3.00 bits per heavy atom. The maximum atomic E-state index is 11.4. The van der Waals surface area contributed by atoms with E-state index in [2.05, 4.69) is 15.7 Å². The topological polar surface area (TPSA) is 68.2 Å². The van der Waals surface area contributed by atoms with Crippen LogP contribution in [0.25, 0.3) is 0 Å². The zero-order chi connectivity index (χ0) is 12.5. The van der Waals surface area contributed by atoms with Crippen LogP contribution in [0.3, 0.4) is 0 Å². The highest BCUT2D eigenvalue weighted by Crippen LogP contribution is 1.95. The Kier molecular flexibility index (Phi) is 6.27. The van der Waals surface area contributed by atoms with E-state index in [0.717, 1.165) is 12.1 Å². The molecule has 1 aromatic heterocycles. The van der Waals surface area contributed by atoms with Gasteiger partial charge >= 0.3 is 0 Å². The third kappa shape index (κ3) is 5.46. The fourth-order valence-electron chi connectivity index (χ4n) is 1.42. The number of nitrogens with one attached hydrogen (secondary N) is 2. The SMILES string of the molecule is COCCNCC(=O)NCCc1ccnn1C. The third-order valence-corrected chi connectivity index (χ3v) is 2.39. The van der Waals surface area contributed by atoms with Gasteiger partial charge < -0.3 is 15.4 Å². The minimum Gasteiger partial charge on any atom is -0.383 e. The lowest BCUT2D eigenvalue weighted by atomic mass is 10.3. The van der Waals surface area contributed by atoms with E-state index in [1.807, 2.05) is 17.8 Å². The molecule has 0 spiro atoms. The van der Waals surface area contributed by atoms with Gasteiger partial charge in [0.2, 0.25) is 5.91 Å². The van der Waals surface area contributed by atoms with Gasteiger partial charge in [-0.15, -0.1) is 0 Å². The molecule has 1 heterocycles. The first-order valence-electron chi connectivity index (χ1n) is 5.67. The maximum absolute atomic E-state index is 11.4. The molecule has 0 saturated carbocycles. The number of carbonyl (C=O) groups excluding carboxylic acids is 1. The van der Waals surface area contributed by atoms with Crippen molar-refractivity contribution >= 4 is 5.91 Å². The Morgan fingerprint density at radius 1 is 1.53 bits per heavy atom. The highest BCUT2D eigenvalue weighted by Gasteiger charge is 2.01. The molecule has 0 atom stereocenters. The number of hydrogen-bond acceptors (Lipinski definition) is 4. The van der Waals surface area contributed by atoms with E-state index >= 15 is 0 Å². The second-order valence-electron chi connectivity index (χ2n) is 3.72. The molecule has 1 amide bonds. The average molecular weight is 240 g/mol. The van der Waals surface area contributed by atoms with Crippen molar-refractivity contribution in [3.8, 4) is 0 Å². The van der Waals surface area contributed by atoms with E-state index in [-0.39, 0.29) is 5.91 Å². The fraction of sp³-hybridized carbons (Fsp3) is 0.636. The van der Waals surface area contributed by atoms with Crippen LogP contribution in [-0.4, -0.2) is 49.0 Å². The molecule has 0 fully saturated rings. The van der Waals surface area contributed by atoms with E-state index in [4.69, 9.17) is 4.74 Å². The van der Waals surface area contributed by atoms with Gasteiger partial charge in [-0.1, -0.05) is 0 Å². The van der Waals surface area contributed by atoms with Crippen molar-refractivity contribution in [2.24, 2.45) is 7.05 Å². The standard InChI is InChI=1S/C11H20N4O2/c1-15-10(4-6-14-15)3-5-13-11(16)9-12-7-8-17-2/h4,6,12H,3,5,7-9H2,1-2H3,(H,13,16). The molecule has 0 aliphatic rings. The average Bonchev–Trinajstić information content (AvgIpc) is 2.71. The molecular weight excluding hydrogens is 220 g/mol.